The van der Waals surface area contributed by atoms with Crippen molar-refractivity contribution in [2.24, 2.45) is 5.92 Å². The first-order valence-electron chi connectivity index (χ1n) is 9.52. The molecule has 0 radical (unpaired) electrons. The number of carbonyl (C=O) groups is 1. The SMILES string of the molecule is Cc1ccc(C)n1-c1nnc(N2CCC(C(=O)NCc3cccnc3)CC2)s1. The highest BCUT2D eigenvalue weighted by molar-refractivity contribution is 7.17. The molecule has 1 N–H and O–H groups in total. The lowest BCUT2D eigenvalue weighted by Crippen LogP contribution is -2.40. The highest BCUT2D eigenvalue weighted by atomic mass is 32.1. The van der Waals surface area contributed by atoms with Gasteiger partial charge in [0.1, 0.15) is 0 Å². The largest absolute Gasteiger partial charge is 0.352 e. The van der Waals surface area contributed by atoms with E-state index in [1.807, 2.05) is 12.1 Å². The van der Waals surface area contributed by atoms with Crippen LogP contribution in [-0.2, 0) is 11.3 Å². The summed E-state index contributed by atoms with van der Waals surface area (Å²) in [5.41, 5.74) is 3.33. The maximum atomic E-state index is 12.5. The predicted molar refractivity (Wildman–Crippen MR) is 110 cm³/mol. The molecule has 1 aliphatic heterocycles. The van der Waals surface area contributed by atoms with Gasteiger partial charge in [-0.2, -0.15) is 0 Å². The van der Waals surface area contributed by atoms with Gasteiger partial charge in [-0.25, -0.2) is 0 Å². The summed E-state index contributed by atoms with van der Waals surface area (Å²) in [6.07, 6.45) is 5.17. The van der Waals surface area contributed by atoms with Gasteiger partial charge < -0.3 is 10.2 Å². The molecule has 0 spiro atoms. The minimum Gasteiger partial charge on any atom is -0.352 e. The third kappa shape index (κ3) is 3.91. The Morgan fingerprint density at radius 1 is 1.14 bits per heavy atom. The van der Waals surface area contributed by atoms with Gasteiger partial charge in [-0.3, -0.25) is 14.3 Å². The van der Waals surface area contributed by atoms with Gasteiger partial charge in [0.25, 0.3) is 0 Å². The van der Waals surface area contributed by atoms with E-state index in [-0.39, 0.29) is 11.8 Å². The van der Waals surface area contributed by atoms with Crippen molar-refractivity contribution >= 4 is 22.4 Å². The number of amides is 1. The average molecular weight is 397 g/mol. The summed E-state index contributed by atoms with van der Waals surface area (Å²) < 4.78 is 2.12. The Morgan fingerprint density at radius 2 is 1.86 bits per heavy atom. The van der Waals surface area contributed by atoms with Crippen LogP contribution in [0.2, 0.25) is 0 Å². The van der Waals surface area contributed by atoms with Crippen LogP contribution in [0.5, 0.6) is 0 Å². The number of pyridine rings is 1. The molecule has 4 heterocycles. The predicted octanol–water partition coefficient (Wildman–Crippen LogP) is 2.87. The highest BCUT2D eigenvalue weighted by Crippen LogP contribution is 2.29. The number of aromatic nitrogens is 4. The quantitative estimate of drug-likeness (QED) is 0.718. The fraction of sp³-hybridized carbons (Fsp3) is 0.400. The Labute approximate surface area is 168 Å². The molecule has 4 rings (SSSR count). The van der Waals surface area contributed by atoms with E-state index < -0.39 is 0 Å². The van der Waals surface area contributed by atoms with Crippen LogP contribution in [0.15, 0.2) is 36.7 Å². The Balaban J connectivity index is 1.32. The molecule has 8 heteroatoms. The van der Waals surface area contributed by atoms with Crippen molar-refractivity contribution in [1.82, 2.24) is 25.1 Å². The van der Waals surface area contributed by atoms with Gasteiger partial charge in [0.05, 0.1) is 0 Å². The summed E-state index contributed by atoms with van der Waals surface area (Å²) in [6, 6.07) is 8.03. The minimum atomic E-state index is 0.0502. The van der Waals surface area contributed by atoms with Crippen molar-refractivity contribution in [3.05, 3.63) is 53.6 Å². The van der Waals surface area contributed by atoms with Gasteiger partial charge in [-0.1, -0.05) is 17.4 Å². The zero-order chi connectivity index (χ0) is 19.5. The molecule has 1 saturated heterocycles. The number of hydrogen-bond donors (Lipinski definition) is 1. The molecule has 0 aromatic carbocycles. The van der Waals surface area contributed by atoms with E-state index in [9.17, 15) is 4.79 Å². The Hall–Kier alpha value is -2.74. The monoisotopic (exact) mass is 396 g/mol. The van der Waals surface area contributed by atoms with E-state index in [2.05, 4.69) is 55.9 Å². The van der Waals surface area contributed by atoms with E-state index in [4.69, 9.17) is 0 Å². The van der Waals surface area contributed by atoms with Crippen LogP contribution in [0, 0.1) is 19.8 Å². The molecule has 3 aromatic heterocycles. The molecule has 0 bridgehead atoms. The first-order chi connectivity index (χ1) is 13.6. The van der Waals surface area contributed by atoms with Crippen LogP contribution in [0.3, 0.4) is 0 Å². The molecule has 3 aromatic rings. The van der Waals surface area contributed by atoms with Gasteiger partial charge in [0.15, 0.2) is 0 Å². The van der Waals surface area contributed by atoms with Crippen molar-refractivity contribution in [3.63, 3.8) is 0 Å². The van der Waals surface area contributed by atoms with E-state index in [1.165, 1.54) is 0 Å². The molecule has 7 nitrogen and oxygen atoms in total. The van der Waals surface area contributed by atoms with Gasteiger partial charge in [0, 0.05) is 49.3 Å². The zero-order valence-corrected chi connectivity index (χ0v) is 16.9. The summed E-state index contributed by atoms with van der Waals surface area (Å²) >= 11 is 1.60. The van der Waals surface area contributed by atoms with Crippen molar-refractivity contribution < 1.29 is 4.79 Å². The molecular weight excluding hydrogens is 372 g/mol. The van der Waals surface area contributed by atoms with Crippen molar-refractivity contribution in [2.75, 3.05) is 18.0 Å². The first-order valence-corrected chi connectivity index (χ1v) is 10.3. The highest BCUT2D eigenvalue weighted by Gasteiger charge is 2.26. The topological polar surface area (TPSA) is 75.9 Å². The van der Waals surface area contributed by atoms with Crippen LogP contribution < -0.4 is 10.2 Å². The minimum absolute atomic E-state index is 0.0502. The number of carbonyl (C=O) groups excluding carboxylic acids is 1. The van der Waals surface area contributed by atoms with Crippen molar-refractivity contribution in [1.29, 1.82) is 0 Å². The third-order valence-electron chi connectivity index (χ3n) is 5.19. The van der Waals surface area contributed by atoms with Crippen LogP contribution in [0.1, 0.15) is 29.8 Å². The lowest BCUT2D eigenvalue weighted by Gasteiger charge is -2.30. The number of aryl methyl sites for hydroxylation is 2. The Bertz CT molecular complexity index is 923. The van der Waals surface area contributed by atoms with Gasteiger partial charge in [-0.15, -0.1) is 10.2 Å². The average Bonchev–Trinajstić information content (AvgIpc) is 3.33. The fourth-order valence-corrected chi connectivity index (χ4v) is 4.58. The van der Waals surface area contributed by atoms with Crippen LogP contribution in [0.25, 0.3) is 5.13 Å². The standard InChI is InChI=1S/C20H24N6OS/c1-14-5-6-15(2)26(14)20-24-23-19(28-20)25-10-7-17(8-11-25)18(27)22-13-16-4-3-9-21-12-16/h3-6,9,12,17H,7-8,10-11,13H2,1-2H3,(H,22,27). The number of anilines is 1. The molecule has 146 valence electrons. The van der Waals surface area contributed by atoms with Gasteiger partial charge >= 0.3 is 0 Å². The summed E-state index contributed by atoms with van der Waals surface area (Å²) in [6.45, 7) is 6.32. The summed E-state index contributed by atoms with van der Waals surface area (Å²) in [5, 5.41) is 13.6. The van der Waals surface area contributed by atoms with Crippen LogP contribution in [0.4, 0.5) is 5.13 Å². The maximum Gasteiger partial charge on any atom is 0.223 e. The molecule has 0 unspecified atom stereocenters. The number of nitrogens with one attached hydrogen (secondary N) is 1. The van der Waals surface area contributed by atoms with Crippen molar-refractivity contribution in [3.8, 4) is 5.13 Å². The second kappa shape index (κ2) is 8.10. The number of rotatable bonds is 5. The van der Waals surface area contributed by atoms with E-state index in [0.29, 0.717) is 6.54 Å². The number of hydrogen-bond acceptors (Lipinski definition) is 6. The maximum absolute atomic E-state index is 12.5. The Kier molecular flexibility index (Phi) is 5.38. The van der Waals surface area contributed by atoms with E-state index in [1.54, 1.807) is 23.7 Å². The second-order valence-corrected chi connectivity index (χ2v) is 8.09. The van der Waals surface area contributed by atoms with Crippen molar-refractivity contribution in [2.45, 2.75) is 33.2 Å². The Morgan fingerprint density at radius 3 is 2.54 bits per heavy atom. The molecule has 0 atom stereocenters. The first kappa shape index (κ1) is 18.6. The normalized spacial score (nSPS) is 15.0. The fourth-order valence-electron chi connectivity index (χ4n) is 3.57. The number of piperidine rings is 1. The van der Waals surface area contributed by atoms with Gasteiger partial charge in [-0.05, 0) is 50.5 Å². The zero-order valence-electron chi connectivity index (χ0n) is 16.1. The summed E-state index contributed by atoms with van der Waals surface area (Å²) in [7, 11) is 0. The molecule has 0 saturated carbocycles. The molecule has 1 fully saturated rings. The van der Waals surface area contributed by atoms with Crippen LogP contribution in [-0.4, -0.2) is 38.7 Å². The molecular formula is C20H24N6OS. The number of nitrogens with zero attached hydrogens (tertiary/aromatic N) is 5. The molecule has 28 heavy (non-hydrogen) atoms. The lowest BCUT2D eigenvalue weighted by atomic mass is 9.96. The van der Waals surface area contributed by atoms with Gasteiger partial charge in [0.2, 0.25) is 16.2 Å². The molecule has 1 amide bonds. The van der Waals surface area contributed by atoms with Crippen LogP contribution >= 0.6 is 11.3 Å². The smallest absolute Gasteiger partial charge is 0.223 e. The molecule has 0 aliphatic carbocycles. The van der Waals surface area contributed by atoms with E-state index in [0.717, 1.165) is 53.1 Å². The second-order valence-electron chi connectivity index (χ2n) is 7.16. The summed E-state index contributed by atoms with van der Waals surface area (Å²) in [4.78, 5) is 18.8. The lowest BCUT2D eigenvalue weighted by molar-refractivity contribution is -0.125. The molecule has 1 aliphatic rings. The third-order valence-corrected chi connectivity index (χ3v) is 6.16. The van der Waals surface area contributed by atoms with E-state index >= 15 is 0 Å². The summed E-state index contributed by atoms with van der Waals surface area (Å²) in [5.74, 6) is 0.175.